The minimum absolute atomic E-state index is 0.128. The van der Waals surface area contributed by atoms with E-state index in [1.165, 1.54) is 52.0 Å². The van der Waals surface area contributed by atoms with Crippen molar-refractivity contribution in [3.05, 3.63) is 140 Å². The summed E-state index contributed by atoms with van der Waals surface area (Å²) < 4.78 is 6.40. The molecular weight excluding hydrogens is 923 g/mol. The van der Waals surface area contributed by atoms with Crippen LogP contribution in [-0.2, 0) is 22.7 Å². The fourth-order valence-electron chi connectivity index (χ4n) is 7.45. The molecule has 0 atom stereocenters. The van der Waals surface area contributed by atoms with Crippen LogP contribution in [0.4, 0.5) is 11.4 Å². The standard InChI is InChI=1S/C16H14BrNO2.C16H14N2S.C15H12INO2/c1-10-2-4-14-12(8-10)13-9-11(17)3-5-15(13)18(14)7-6-16(19)20;1-12-7-8-16-14(11-12)18(10-4-9-17)13-5-2-3-6-15(13)19-16;16-10-5-6-14-12(9-10)11-3-1-2-4-13(11)17(14)8-7-15(18)19/h2-5,8-9H,6-7H2,1H3,(H,19,20);2-3,5-8,11H,4,10H2,1H3;1-6,9H,7-8H2,(H,18,19). The lowest BCUT2D eigenvalue weighted by molar-refractivity contribution is -0.138. The first-order chi connectivity index (χ1) is 28.0. The SMILES string of the molecule is Cc1ccc2c(c1)N(CCC#N)c1ccccc1S2.Cc1ccc2c(c1)c1cc(Br)ccc1n2CCC(=O)O.O=C(O)CCn1c2ccccc2c2cc(I)ccc21. The van der Waals surface area contributed by atoms with Crippen molar-refractivity contribution in [3.8, 4) is 6.07 Å². The molecule has 0 fully saturated rings. The van der Waals surface area contributed by atoms with E-state index in [9.17, 15) is 9.59 Å². The molecule has 2 N–H and O–H groups in total. The highest BCUT2D eigenvalue weighted by molar-refractivity contribution is 14.1. The number of aliphatic carboxylic acids is 2. The Hall–Kier alpha value is -5.29. The molecule has 0 saturated heterocycles. The Morgan fingerprint density at radius 1 is 0.638 bits per heavy atom. The van der Waals surface area contributed by atoms with Crippen LogP contribution in [0.5, 0.6) is 0 Å². The summed E-state index contributed by atoms with van der Waals surface area (Å²) in [6.45, 7) is 5.90. The number of hydrogen-bond donors (Lipinski definition) is 2. The molecule has 8 nitrogen and oxygen atoms in total. The summed E-state index contributed by atoms with van der Waals surface area (Å²) in [6, 6.07) is 44.0. The summed E-state index contributed by atoms with van der Waals surface area (Å²) in [5.74, 6) is -1.54. The maximum Gasteiger partial charge on any atom is 0.305 e. The smallest absolute Gasteiger partial charge is 0.305 e. The largest absolute Gasteiger partial charge is 0.481 e. The number of anilines is 2. The lowest BCUT2D eigenvalue weighted by Crippen LogP contribution is -2.21. The molecule has 292 valence electrons. The first-order valence-corrected chi connectivity index (χ1v) is 21.5. The van der Waals surface area contributed by atoms with E-state index in [0.717, 1.165) is 38.5 Å². The third-order valence-electron chi connectivity index (χ3n) is 10.0. The molecule has 0 aliphatic carbocycles. The van der Waals surface area contributed by atoms with Crippen LogP contribution in [0.2, 0.25) is 0 Å². The van der Waals surface area contributed by atoms with E-state index < -0.39 is 11.9 Å². The van der Waals surface area contributed by atoms with Crippen molar-refractivity contribution in [2.75, 3.05) is 11.4 Å². The summed E-state index contributed by atoms with van der Waals surface area (Å²) in [6.07, 6.45) is 0.801. The van der Waals surface area contributed by atoms with E-state index in [4.69, 9.17) is 15.5 Å². The topological polar surface area (TPSA) is 111 Å². The van der Waals surface area contributed by atoms with Gasteiger partial charge in [-0.3, -0.25) is 9.59 Å². The average Bonchev–Trinajstić information content (AvgIpc) is 3.68. The second kappa shape index (κ2) is 18.1. The molecule has 8 aromatic rings. The number of para-hydroxylation sites is 2. The molecule has 58 heavy (non-hydrogen) atoms. The second-order valence-corrected chi connectivity index (χ2v) is 17.3. The lowest BCUT2D eigenvalue weighted by atomic mass is 10.1. The van der Waals surface area contributed by atoms with Crippen molar-refractivity contribution < 1.29 is 19.8 Å². The van der Waals surface area contributed by atoms with E-state index in [1.807, 2.05) is 30.3 Å². The monoisotopic (exact) mass is 962 g/mol. The molecule has 1 aliphatic heterocycles. The van der Waals surface area contributed by atoms with Gasteiger partial charge in [0.15, 0.2) is 0 Å². The molecule has 0 radical (unpaired) electrons. The number of aryl methyl sites for hydroxylation is 4. The molecule has 2 aromatic heterocycles. The molecule has 9 rings (SSSR count). The zero-order valence-electron chi connectivity index (χ0n) is 32.0. The van der Waals surface area contributed by atoms with Crippen molar-refractivity contribution >= 4 is 117 Å². The summed E-state index contributed by atoms with van der Waals surface area (Å²) in [5, 5.41) is 31.4. The minimum Gasteiger partial charge on any atom is -0.481 e. The van der Waals surface area contributed by atoms with Crippen LogP contribution in [-0.4, -0.2) is 37.8 Å². The third-order valence-corrected chi connectivity index (χ3v) is 12.3. The van der Waals surface area contributed by atoms with Crippen LogP contribution in [0.25, 0.3) is 43.6 Å². The van der Waals surface area contributed by atoms with Crippen LogP contribution in [0.15, 0.2) is 136 Å². The summed E-state index contributed by atoms with van der Waals surface area (Å²) in [5.41, 5.74) is 9.25. The minimum atomic E-state index is -0.774. The Kier molecular flexibility index (Phi) is 12.8. The number of carbonyl (C=O) groups is 2. The number of carboxylic acid groups (broad SMARTS) is 2. The molecule has 0 saturated carbocycles. The first-order valence-electron chi connectivity index (χ1n) is 18.8. The highest BCUT2D eigenvalue weighted by Gasteiger charge is 2.23. The highest BCUT2D eigenvalue weighted by atomic mass is 127. The van der Waals surface area contributed by atoms with Gasteiger partial charge in [0, 0.05) is 81.1 Å². The van der Waals surface area contributed by atoms with Crippen molar-refractivity contribution in [3.63, 3.8) is 0 Å². The number of fused-ring (bicyclic) bond motifs is 8. The number of nitrogens with zero attached hydrogens (tertiary/aromatic N) is 4. The molecular formula is C47H40BrIN4O4S. The van der Waals surface area contributed by atoms with Crippen LogP contribution in [0.3, 0.4) is 0 Å². The van der Waals surface area contributed by atoms with Gasteiger partial charge in [-0.1, -0.05) is 75.7 Å². The fraction of sp³-hybridized carbons (Fsp3) is 0.170. The number of aromatic nitrogens is 2. The zero-order chi connectivity index (χ0) is 40.9. The van der Waals surface area contributed by atoms with Gasteiger partial charge in [0.2, 0.25) is 0 Å². The van der Waals surface area contributed by atoms with Gasteiger partial charge >= 0.3 is 11.9 Å². The van der Waals surface area contributed by atoms with Crippen molar-refractivity contribution in [2.45, 2.75) is 56.0 Å². The van der Waals surface area contributed by atoms with Crippen LogP contribution >= 0.6 is 50.3 Å². The first kappa shape index (κ1) is 40.9. The Morgan fingerprint density at radius 2 is 1.19 bits per heavy atom. The number of nitriles is 1. The molecule has 11 heteroatoms. The van der Waals surface area contributed by atoms with Gasteiger partial charge in [0.25, 0.3) is 0 Å². The van der Waals surface area contributed by atoms with Crippen molar-refractivity contribution in [1.29, 1.82) is 5.26 Å². The average molecular weight is 964 g/mol. The molecule has 0 unspecified atom stereocenters. The Morgan fingerprint density at radius 3 is 1.90 bits per heavy atom. The molecule has 0 spiro atoms. The Bertz CT molecular complexity index is 2820. The van der Waals surface area contributed by atoms with Gasteiger partial charge in [0.1, 0.15) is 0 Å². The fourth-order valence-corrected chi connectivity index (χ4v) is 9.38. The highest BCUT2D eigenvalue weighted by Crippen LogP contribution is 2.48. The van der Waals surface area contributed by atoms with E-state index in [2.05, 4.69) is 163 Å². The van der Waals surface area contributed by atoms with Crippen LogP contribution in [0, 0.1) is 28.7 Å². The molecule has 0 bridgehead atoms. The van der Waals surface area contributed by atoms with Crippen LogP contribution in [0.1, 0.15) is 30.4 Å². The maximum atomic E-state index is 10.9. The number of halogens is 2. The van der Waals surface area contributed by atoms with E-state index >= 15 is 0 Å². The summed E-state index contributed by atoms with van der Waals surface area (Å²) >= 11 is 7.61. The predicted molar refractivity (Wildman–Crippen MR) is 248 cm³/mol. The number of rotatable bonds is 8. The Balaban J connectivity index is 0.000000132. The second-order valence-electron chi connectivity index (χ2n) is 14.1. The van der Waals surface area contributed by atoms with Crippen molar-refractivity contribution in [2.24, 2.45) is 0 Å². The molecule has 1 aliphatic rings. The van der Waals surface area contributed by atoms with Crippen LogP contribution < -0.4 is 4.90 Å². The maximum absolute atomic E-state index is 10.9. The Labute approximate surface area is 363 Å². The van der Waals surface area contributed by atoms with Gasteiger partial charge in [-0.15, -0.1) is 0 Å². The van der Waals surface area contributed by atoms with Crippen molar-refractivity contribution in [1.82, 2.24) is 9.13 Å². The summed E-state index contributed by atoms with van der Waals surface area (Å²) in [7, 11) is 0. The van der Waals surface area contributed by atoms with Gasteiger partial charge in [0.05, 0.1) is 36.7 Å². The van der Waals surface area contributed by atoms with Gasteiger partial charge in [-0.25, -0.2) is 0 Å². The summed E-state index contributed by atoms with van der Waals surface area (Å²) in [4.78, 5) is 26.4. The van der Waals surface area contributed by atoms with E-state index in [1.54, 1.807) is 11.8 Å². The number of benzene rings is 6. The number of carboxylic acids is 2. The quantitative estimate of drug-likeness (QED) is 0.146. The van der Waals surface area contributed by atoms with E-state index in [0.29, 0.717) is 19.5 Å². The lowest BCUT2D eigenvalue weighted by Gasteiger charge is -2.32. The van der Waals surface area contributed by atoms with Gasteiger partial charge < -0.3 is 24.2 Å². The molecule has 0 amide bonds. The molecule has 3 heterocycles. The number of hydrogen-bond acceptors (Lipinski definition) is 5. The van der Waals surface area contributed by atoms with E-state index in [-0.39, 0.29) is 12.8 Å². The zero-order valence-corrected chi connectivity index (χ0v) is 36.5. The predicted octanol–water partition coefficient (Wildman–Crippen LogP) is 12.7. The third kappa shape index (κ3) is 8.89. The molecule has 6 aromatic carbocycles. The van der Waals surface area contributed by atoms with Gasteiger partial charge in [-0.05, 0) is 121 Å². The normalized spacial score (nSPS) is 11.7. The van der Waals surface area contributed by atoms with Gasteiger partial charge in [-0.2, -0.15) is 5.26 Å².